The number of nitrogens with two attached hydrogens (primary N) is 1. The van der Waals surface area contributed by atoms with Gasteiger partial charge in [0.1, 0.15) is 21.7 Å². The van der Waals surface area contributed by atoms with Crippen molar-refractivity contribution in [1.29, 1.82) is 0 Å². The van der Waals surface area contributed by atoms with E-state index in [1.165, 1.54) is 6.26 Å². The molecule has 0 bridgehead atoms. The number of benzene rings is 1. The molecule has 6 heteroatoms. The fourth-order valence-corrected chi connectivity index (χ4v) is 3.74. The minimum absolute atomic E-state index is 0.100. The zero-order valence-electron chi connectivity index (χ0n) is 10.8. The quantitative estimate of drug-likeness (QED) is 0.872. The van der Waals surface area contributed by atoms with Gasteiger partial charge in [0, 0.05) is 17.7 Å². The van der Waals surface area contributed by atoms with Gasteiger partial charge in [0.15, 0.2) is 0 Å². The monoisotopic (exact) mass is 303 g/mol. The molecule has 19 heavy (non-hydrogen) atoms. The van der Waals surface area contributed by atoms with Gasteiger partial charge in [-0.1, -0.05) is 11.6 Å². The highest BCUT2D eigenvalue weighted by Gasteiger charge is 2.30. The zero-order chi connectivity index (χ0) is 14.0. The molecule has 1 aliphatic carbocycles. The van der Waals surface area contributed by atoms with E-state index in [1.807, 2.05) is 0 Å². The van der Waals surface area contributed by atoms with Crippen molar-refractivity contribution in [2.24, 2.45) is 0 Å². The number of rotatable bonds is 3. The van der Waals surface area contributed by atoms with Crippen LogP contribution in [-0.2, 0) is 9.84 Å². The van der Waals surface area contributed by atoms with Crippen molar-refractivity contribution in [2.45, 2.75) is 37.0 Å². The van der Waals surface area contributed by atoms with Gasteiger partial charge in [-0.2, -0.15) is 0 Å². The first kappa shape index (κ1) is 14.5. The molecule has 2 N–H and O–H groups in total. The minimum atomic E-state index is -3.00. The maximum Gasteiger partial charge on any atom is 0.150 e. The largest absolute Gasteiger partial charge is 0.488 e. The summed E-state index contributed by atoms with van der Waals surface area (Å²) in [7, 11) is -3.00. The lowest BCUT2D eigenvalue weighted by Crippen LogP contribution is -2.33. The van der Waals surface area contributed by atoms with Gasteiger partial charge < -0.3 is 10.5 Å². The molecule has 1 fully saturated rings. The van der Waals surface area contributed by atoms with Crippen LogP contribution in [0, 0.1) is 0 Å². The highest BCUT2D eigenvalue weighted by Crippen LogP contribution is 2.31. The van der Waals surface area contributed by atoms with Crippen molar-refractivity contribution >= 4 is 27.1 Å². The van der Waals surface area contributed by atoms with Gasteiger partial charge in [-0.3, -0.25) is 0 Å². The summed E-state index contributed by atoms with van der Waals surface area (Å²) in [6.07, 6.45) is 4.15. The summed E-state index contributed by atoms with van der Waals surface area (Å²) in [5, 5.41) is 0.252. The molecule has 0 heterocycles. The zero-order valence-corrected chi connectivity index (χ0v) is 12.4. The molecule has 1 saturated carbocycles. The van der Waals surface area contributed by atoms with E-state index in [0.29, 0.717) is 22.9 Å². The van der Waals surface area contributed by atoms with E-state index in [-0.39, 0.29) is 11.4 Å². The van der Waals surface area contributed by atoms with Gasteiger partial charge in [0.05, 0.1) is 10.9 Å². The Bertz CT molecular complexity index is 559. The summed E-state index contributed by atoms with van der Waals surface area (Å²) < 4.78 is 29.0. The van der Waals surface area contributed by atoms with Gasteiger partial charge >= 0.3 is 0 Å². The smallest absolute Gasteiger partial charge is 0.150 e. The highest BCUT2D eigenvalue weighted by molar-refractivity contribution is 7.91. The number of halogens is 1. The number of anilines is 1. The molecule has 1 aromatic rings. The lowest BCUT2D eigenvalue weighted by atomic mass is 9.97. The average Bonchev–Trinajstić information content (AvgIpc) is 2.32. The summed E-state index contributed by atoms with van der Waals surface area (Å²) in [4.78, 5) is 0. The third-order valence-corrected chi connectivity index (χ3v) is 5.32. The first-order valence-corrected chi connectivity index (χ1v) is 8.60. The summed E-state index contributed by atoms with van der Waals surface area (Å²) in [5.41, 5.74) is 6.31. The predicted octanol–water partition coefficient (Wildman–Crippen LogP) is 2.66. The standard InChI is InChI=1S/C13H18ClNO3S/c1-19(16,17)11-4-2-3-10(8-11)18-13-6-5-9(14)7-12(13)15/h5-7,10-11H,2-4,8,15H2,1H3. The molecular weight excluding hydrogens is 286 g/mol. The Balaban J connectivity index is 2.07. The van der Waals surface area contributed by atoms with E-state index < -0.39 is 9.84 Å². The van der Waals surface area contributed by atoms with Crippen LogP contribution in [0.4, 0.5) is 5.69 Å². The molecule has 1 aliphatic rings. The molecule has 0 saturated heterocycles. The fraction of sp³-hybridized carbons (Fsp3) is 0.538. The van der Waals surface area contributed by atoms with Crippen molar-refractivity contribution in [3.05, 3.63) is 23.2 Å². The van der Waals surface area contributed by atoms with Crippen LogP contribution >= 0.6 is 11.6 Å². The van der Waals surface area contributed by atoms with E-state index in [9.17, 15) is 8.42 Å². The number of hydrogen-bond donors (Lipinski definition) is 1. The van der Waals surface area contributed by atoms with Gasteiger partial charge in [0.2, 0.25) is 0 Å². The van der Waals surface area contributed by atoms with Crippen molar-refractivity contribution in [2.75, 3.05) is 12.0 Å². The SMILES string of the molecule is CS(=O)(=O)C1CCCC(Oc2ccc(Cl)cc2N)C1. The topological polar surface area (TPSA) is 69.4 Å². The number of ether oxygens (including phenoxy) is 1. The van der Waals surface area contributed by atoms with Crippen molar-refractivity contribution in [1.82, 2.24) is 0 Å². The molecule has 106 valence electrons. The van der Waals surface area contributed by atoms with Crippen LogP contribution in [0.2, 0.25) is 5.02 Å². The van der Waals surface area contributed by atoms with E-state index in [0.717, 1.165) is 19.3 Å². The van der Waals surface area contributed by atoms with E-state index in [2.05, 4.69) is 0 Å². The van der Waals surface area contributed by atoms with Crippen LogP contribution in [0.25, 0.3) is 0 Å². The molecule has 1 aromatic carbocycles. The van der Waals surface area contributed by atoms with Gasteiger partial charge in [0.25, 0.3) is 0 Å². The Morgan fingerprint density at radius 2 is 2.11 bits per heavy atom. The first-order chi connectivity index (χ1) is 8.86. The maximum atomic E-state index is 11.6. The van der Waals surface area contributed by atoms with Crippen LogP contribution in [0.3, 0.4) is 0 Å². The van der Waals surface area contributed by atoms with E-state index >= 15 is 0 Å². The lowest BCUT2D eigenvalue weighted by Gasteiger charge is -2.28. The molecule has 0 aromatic heterocycles. The summed E-state index contributed by atoms with van der Waals surface area (Å²) >= 11 is 5.83. The van der Waals surface area contributed by atoms with Crippen LogP contribution < -0.4 is 10.5 Å². The molecule has 0 aliphatic heterocycles. The molecule has 0 spiro atoms. The molecule has 2 rings (SSSR count). The fourth-order valence-electron chi connectivity index (χ4n) is 2.40. The third kappa shape index (κ3) is 3.76. The second-order valence-corrected chi connectivity index (χ2v) is 7.80. The van der Waals surface area contributed by atoms with Gasteiger partial charge in [-0.15, -0.1) is 0 Å². The molecule has 0 amide bonds. The lowest BCUT2D eigenvalue weighted by molar-refractivity contribution is 0.157. The van der Waals surface area contributed by atoms with Crippen LogP contribution in [0.15, 0.2) is 18.2 Å². The van der Waals surface area contributed by atoms with Crippen molar-refractivity contribution in [3.8, 4) is 5.75 Å². The normalized spacial score (nSPS) is 24.1. The summed E-state index contributed by atoms with van der Waals surface area (Å²) in [6.45, 7) is 0. The Morgan fingerprint density at radius 3 is 2.74 bits per heavy atom. The molecule has 0 radical (unpaired) electrons. The van der Waals surface area contributed by atoms with Crippen molar-refractivity contribution < 1.29 is 13.2 Å². The predicted molar refractivity (Wildman–Crippen MR) is 77.4 cm³/mol. The number of hydrogen-bond acceptors (Lipinski definition) is 4. The average molecular weight is 304 g/mol. The molecule has 4 nitrogen and oxygen atoms in total. The Labute approximate surface area is 118 Å². The summed E-state index contributed by atoms with van der Waals surface area (Å²) in [6, 6.07) is 5.07. The van der Waals surface area contributed by atoms with Crippen LogP contribution in [0.1, 0.15) is 25.7 Å². The van der Waals surface area contributed by atoms with Gasteiger partial charge in [-0.25, -0.2) is 8.42 Å². The van der Waals surface area contributed by atoms with Crippen LogP contribution in [-0.4, -0.2) is 26.0 Å². The Kier molecular flexibility index (Phi) is 4.26. The Hall–Kier alpha value is -0.940. The van der Waals surface area contributed by atoms with E-state index in [1.54, 1.807) is 18.2 Å². The maximum absolute atomic E-state index is 11.6. The minimum Gasteiger partial charge on any atom is -0.488 e. The second kappa shape index (κ2) is 5.59. The van der Waals surface area contributed by atoms with E-state index in [4.69, 9.17) is 22.1 Å². The first-order valence-electron chi connectivity index (χ1n) is 6.27. The van der Waals surface area contributed by atoms with Crippen LogP contribution in [0.5, 0.6) is 5.75 Å². The molecule has 2 unspecified atom stereocenters. The summed E-state index contributed by atoms with van der Waals surface area (Å²) in [5.74, 6) is 0.573. The molecule has 2 atom stereocenters. The number of sulfone groups is 1. The van der Waals surface area contributed by atoms with Gasteiger partial charge in [-0.05, 0) is 37.5 Å². The second-order valence-electron chi connectivity index (χ2n) is 5.04. The molecular formula is C13H18ClNO3S. The third-order valence-electron chi connectivity index (χ3n) is 3.45. The number of nitrogen functional groups attached to an aromatic ring is 1. The van der Waals surface area contributed by atoms with Crippen molar-refractivity contribution in [3.63, 3.8) is 0 Å². The highest BCUT2D eigenvalue weighted by atomic mass is 35.5. The Morgan fingerprint density at radius 1 is 1.37 bits per heavy atom.